The standard InChI is InChI=1S/C7H16N2O4S3/c1-3-9(5-4-7(8)14)16(12,13)6-15(2,10)11/h3-6H2,1-2H3,(H2,8,14). The van der Waals surface area contributed by atoms with Crippen LogP contribution in [0.25, 0.3) is 0 Å². The Hall–Kier alpha value is -0.250. The van der Waals surface area contributed by atoms with E-state index in [0.29, 0.717) is 0 Å². The molecule has 0 rings (SSSR count). The second kappa shape index (κ2) is 5.89. The Labute approximate surface area is 102 Å². The van der Waals surface area contributed by atoms with Crippen LogP contribution in [0.5, 0.6) is 0 Å². The SMILES string of the molecule is CCN(CCC(N)=S)S(=O)(=O)CS(C)(=O)=O. The topological polar surface area (TPSA) is 97.5 Å². The minimum atomic E-state index is -3.80. The molecule has 0 saturated carbocycles. The van der Waals surface area contributed by atoms with Crippen molar-refractivity contribution < 1.29 is 16.8 Å². The number of sulfonamides is 1. The first kappa shape index (κ1) is 15.8. The molecule has 2 N–H and O–H groups in total. The first-order chi connectivity index (χ1) is 7.08. The van der Waals surface area contributed by atoms with Crippen molar-refractivity contribution in [2.75, 3.05) is 24.4 Å². The van der Waals surface area contributed by atoms with Crippen LogP contribution in [-0.4, -0.2) is 50.6 Å². The lowest BCUT2D eigenvalue weighted by molar-refractivity contribution is 0.440. The van der Waals surface area contributed by atoms with Gasteiger partial charge in [0.2, 0.25) is 10.0 Å². The van der Waals surface area contributed by atoms with Crippen molar-refractivity contribution in [2.24, 2.45) is 5.73 Å². The van der Waals surface area contributed by atoms with Crippen LogP contribution in [-0.2, 0) is 19.9 Å². The van der Waals surface area contributed by atoms with Gasteiger partial charge in [0.1, 0.15) is 0 Å². The highest BCUT2D eigenvalue weighted by Crippen LogP contribution is 2.05. The van der Waals surface area contributed by atoms with Gasteiger partial charge in [0.05, 0.1) is 4.99 Å². The Kier molecular flexibility index (Phi) is 5.80. The normalized spacial score (nSPS) is 12.9. The van der Waals surface area contributed by atoms with E-state index in [4.69, 9.17) is 5.73 Å². The molecule has 9 heteroatoms. The summed E-state index contributed by atoms with van der Waals surface area (Å²) < 4.78 is 46.3. The molecule has 0 aliphatic carbocycles. The van der Waals surface area contributed by atoms with E-state index in [0.717, 1.165) is 10.6 Å². The first-order valence-corrected chi connectivity index (χ1v) is 8.60. The van der Waals surface area contributed by atoms with Crippen molar-refractivity contribution in [3.8, 4) is 0 Å². The van der Waals surface area contributed by atoms with Crippen LogP contribution in [0.1, 0.15) is 13.3 Å². The molecule has 16 heavy (non-hydrogen) atoms. The average Bonchev–Trinajstić information content (AvgIpc) is 1.98. The van der Waals surface area contributed by atoms with Gasteiger partial charge in [-0.15, -0.1) is 0 Å². The van der Waals surface area contributed by atoms with Crippen molar-refractivity contribution in [3.63, 3.8) is 0 Å². The molecule has 0 aromatic heterocycles. The van der Waals surface area contributed by atoms with Crippen LogP contribution in [0, 0.1) is 0 Å². The highest BCUT2D eigenvalue weighted by molar-refractivity contribution is 8.06. The molecular formula is C7H16N2O4S3. The van der Waals surface area contributed by atoms with Gasteiger partial charge in [-0.2, -0.15) is 0 Å². The van der Waals surface area contributed by atoms with E-state index in [1.807, 2.05) is 0 Å². The van der Waals surface area contributed by atoms with Crippen LogP contribution < -0.4 is 5.73 Å². The van der Waals surface area contributed by atoms with Gasteiger partial charge in [-0.25, -0.2) is 21.1 Å². The van der Waals surface area contributed by atoms with Crippen molar-refractivity contribution in [3.05, 3.63) is 0 Å². The van der Waals surface area contributed by atoms with E-state index < -0.39 is 24.9 Å². The number of sulfone groups is 1. The third kappa shape index (κ3) is 6.36. The zero-order chi connectivity index (χ0) is 13.0. The highest BCUT2D eigenvalue weighted by atomic mass is 32.3. The number of thiocarbonyl (C=S) groups is 1. The average molecular weight is 288 g/mol. The summed E-state index contributed by atoms with van der Waals surface area (Å²) in [4.78, 5) is 0.202. The second-order valence-corrected chi connectivity index (χ2v) is 8.36. The molecule has 0 unspecified atom stereocenters. The van der Waals surface area contributed by atoms with Gasteiger partial charge < -0.3 is 5.73 Å². The molecule has 0 radical (unpaired) electrons. The van der Waals surface area contributed by atoms with Crippen LogP contribution >= 0.6 is 12.2 Å². The van der Waals surface area contributed by atoms with Crippen molar-refractivity contribution in [1.82, 2.24) is 4.31 Å². The number of hydrogen-bond acceptors (Lipinski definition) is 5. The van der Waals surface area contributed by atoms with Crippen molar-refractivity contribution >= 4 is 37.1 Å². The maximum atomic E-state index is 11.7. The van der Waals surface area contributed by atoms with Gasteiger partial charge in [-0.05, 0) is 0 Å². The molecular weight excluding hydrogens is 272 g/mol. The maximum absolute atomic E-state index is 11.7. The van der Waals surface area contributed by atoms with E-state index in [2.05, 4.69) is 12.2 Å². The van der Waals surface area contributed by atoms with Gasteiger partial charge in [0, 0.05) is 25.8 Å². The molecule has 0 aliphatic heterocycles. The summed E-state index contributed by atoms with van der Waals surface area (Å²) in [5.41, 5.74) is 5.26. The van der Waals surface area contributed by atoms with Gasteiger partial charge in [0.25, 0.3) is 0 Å². The second-order valence-electron chi connectivity index (χ2n) is 3.36. The van der Waals surface area contributed by atoms with E-state index in [1.54, 1.807) is 6.92 Å². The van der Waals surface area contributed by atoms with Crippen LogP contribution in [0.4, 0.5) is 0 Å². The molecule has 0 heterocycles. The summed E-state index contributed by atoms with van der Waals surface area (Å²) >= 11 is 4.63. The Morgan fingerprint density at radius 1 is 1.31 bits per heavy atom. The Balaban J connectivity index is 4.75. The fourth-order valence-electron chi connectivity index (χ4n) is 1.07. The van der Waals surface area contributed by atoms with E-state index in [-0.39, 0.29) is 24.5 Å². The van der Waals surface area contributed by atoms with Gasteiger partial charge in [0.15, 0.2) is 14.9 Å². The zero-order valence-electron chi connectivity index (χ0n) is 9.21. The lowest BCUT2D eigenvalue weighted by atomic mass is 10.4. The summed E-state index contributed by atoms with van der Waals surface area (Å²) in [5, 5.41) is -0.884. The number of rotatable bonds is 7. The molecule has 0 atom stereocenters. The molecule has 0 fully saturated rings. The molecule has 0 aliphatic rings. The molecule has 0 bridgehead atoms. The molecule has 96 valence electrons. The van der Waals surface area contributed by atoms with Crippen LogP contribution in [0.15, 0.2) is 0 Å². The first-order valence-electron chi connectivity index (χ1n) is 4.52. The van der Waals surface area contributed by atoms with E-state index in [9.17, 15) is 16.8 Å². The number of nitrogens with zero attached hydrogens (tertiary/aromatic N) is 1. The van der Waals surface area contributed by atoms with Gasteiger partial charge >= 0.3 is 0 Å². The van der Waals surface area contributed by atoms with Crippen molar-refractivity contribution in [1.29, 1.82) is 0 Å². The Morgan fingerprint density at radius 3 is 2.12 bits per heavy atom. The Morgan fingerprint density at radius 2 is 1.81 bits per heavy atom. The number of nitrogens with two attached hydrogens (primary N) is 1. The molecule has 0 saturated heterocycles. The van der Waals surface area contributed by atoms with E-state index >= 15 is 0 Å². The van der Waals surface area contributed by atoms with Crippen molar-refractivity contribution in [2.45, 2.75) is 13.3 Å². The molecule has 6 nitrogen and oxygen atoms in total. The van der Waals surface area contributed by atoms with Gasteiger partial charge in [-0.3, -0.25) is 0 Å². The molecule has 0 amide bonds. The maximum Gasteiger partial charge on any atom is 0.228 e. The fraction of sp³-hybridized carbons (Fsp3) is 0.857. The lowest BCUT2D eigenvalue weighted by Crippen LogP contribution is -2.37. The molecule has 0 aromatic rings. The quantitative estimate of drug-likeness (QED) is 0.623. The molecule has 0 spiro atoms. The zero-order valence-corrected chi connectivity index (χ0v) is 11.7. The summed E-state index contributed by atoms with van der Waals surface area (Å²) in [6, 6.07) is 0. The monoisotopic (exact) mass is 288 g/mol. The summed E-state index contributed by atoms with van der Waals surface area (Å²) in [6.07, 6.45) is 1.12. The smallest absolute Gasteiger partial charge is 0.228 e. The largest absolute Gasteiger partial charge is 0.393 e. The predicted molar refractivity (Wildman–Crippen MR) is 67.3 cm³/mol. The minimum Gasteiger partial charge on any atom is -0.393 e. The predicted octanol–water partition coefficient (Wildman–Crippen LogP) is -0.684. The number of hydrogen-bond donors (Lipinski definition) is 1. The summed E-state index contributed by atoms with van der Waals surface area (Å²) in [5.74, 6) is 0. The Bertz CT molecular complexity index is 440. The summed E-state index contributed by atoms with van der Waals surface area (Å²) in [7, 11) is -7.36. The van der Waals surface area contributed by atoms with E-state index in [1.165, 1.54) is 0 Å². The van der Waals surface area contributed by atoms with Gasteiger partial charge in [-0.1, -0.05) is 19.1 Å². The fourth-order valence-corrected chi connectivity index (χ4v) is 4.69. The third-order valence-corrected chi connectivity index (χ3v) is 6.05. The minimum absolute atomic E-state index is 0.115. The lowest BCUT2D eigenvalue weighted by Gasteiger charge is -2.19. The highest BCUT2D eigenvalue weighted by Gasteiger charge is 2.25. The van der Waals surface area contributed by atoms with Crippen LogP contribution in [0.2, 0.25) is 0 Å². The van der Waals surface area contributed by atoms with Crippen LogP contribution in [0.3, 0.4) is 0 Å². The third-order valence-electron chi connectivity index (χ3n) is 1.72. The summed E-state index contributed by atoms with van der Waals surface area (Å²) in [6.45, 7) is 1.93. The molecule has 0 aromatic carbocycles.